The Morgan fingerprint density at radius 3 is 2.07 bits per heavy atom. The molecule has 56 heavy (non-hydrogen) atoms. The van der Waals surface area contributed by atoms with E-state index >= 15 is 0 Å². The molecule has 0 spiro atoms. The molecule has 0 unspecified atom stereocenters. The fraction of sp³-hybridized carbons (Fsp3) is 0.636. The van der Waals surface area contributed by atoms with Gasteiger partial charge in [0, 0.05) is 47.0 Å². The van der Waals surface area contributed by atoms with E-state index in [4.69, 9.17) is 24.0 Å². The lowest BCUT2D eigenvalue weighted by molar-refractivity contribution is -0.0108. The third-order valence-corrected chi connectivity index (χ3v) is 15.3. The Bertz CT molecular complexity index is 1870. The van der Waals surface area contributed by atoms with Crippen LogP contribution in [0.25, 0.3) is 27.7 Å². The lowest BCUT2D eigenvalue weighted by Gasteiger charge is -2.45. The summed E-state index contributed by atoms with van der Waals surface area (Å²) in [6.07, 6.45) is 8.12. The summed E-state index contributed by atoms with van der Waals surface area (Å²) in [4.78, 5) is 18.0. The van der Waals surface area contributed by atoms with E-state index in [-0.39, 0.29) is 24.2 Å². The lowest BCUT2D eigenvalue weighted by Crippen LogP contribution is -2.52. The fourth-order valence-electron chi connectivity index (χ4n) is 8.75. The van der Waals surface area contributed by atoms with Crippen LogP contribution in [-0.2, 0) is 14.2 Å². The molecule has 10 nitrogen and oxygen atoms in total. The van der Waals surface area contributed by atoms with Gasteiger partial charge in [0.25, 0.3) is 0 Å². The first-order valence-corrected chi connectivity index (χ1v) is 28.5. The second-order valence-electron chi connectivity index (χ2n) is 20.2. The molecule has 1 saturated carbocycles. The minimum Gasteiger partial charge on any atom is -0.497 e. The quantitative estimate of drug-likeness (QED) is 0.0923. The number of aromatic nitrogens is 2. The molecule has 7 rings (SSSR count). The van der Waals surface area contributed by atoms with Gasteiger partial charge in [-0.15, -0.1) is 0 Å². The minimum absolute atomic E-state index is 0.0938. The zero-order chi connectivity index (χ0) is 40.0. The van der Waals surface area contributed by atoms with Gasteiger partial charge in [0.15, 0.2) is 0 Å². The van der Waals surface area contributed by atoms with E-state index in [1.54, 1.807) is 7.11 Å². The molecule has 12 heteroatoms. The number of anilines is 1. The number of hydrogen-bond acceptors (Lipinski definition) is 8. The number of nitrogens with one attached hydrogen (secondary N) is 1. The van der Waals surface area contributed by atoms with Crippen LogP contribution in [-0.4, -0.2) is 99.3 Å². The Morgan fingerprint density at radius 1 is 0.875 bits per heavy atom. The van der Waals surface area contributed by atoms with Crippen LogP contribution in [0.1, 0.15) is 59.3 Å². The summed E-state index contributed by atoms with van der Waals surface area (Å²) >= 11 is 0. The second-order valence-corrected chi connectivity index (χ2v) is 31.4. The van der Waals surface area contributed by atoms with Crippen LogP contribution < -0.4 is 10.1 Å². The highest BCUT2D eigenvalue weighted by atomic mass is 28.3. The van der Waals surface area contributed by atoms with Gasteiger partial charge in [-0.1, -0.05) is 57.5 Å². The average molecular weight is 802 g/mol. The van der Waals surface area contributed by atoms with Crippen molar-refractivity contribution >= 4 is 44.7 Å². The van der Waals surface area contributed by atoms with Crippen molar-refractivity contribution in [3.8, 4) is 16.9 Å². The van der Waals surface area contributed by atoms with Gasteiger partial charge >= 0.3 is 6.09 Å². The summed E-state index contributed by atoms with van der Waals surface area (Å²) < 4.78 is 26.9. The van der Waals surface area contributed by atoms with Crippen molar-refractivity contribution in [2.45, 2.75) is 134 Å². The van der Waals surface area contributed by atoms with Crippen LogP contribution >= 0.6 is 0 Å². The lowest BCUT2D eigenvalue weighted by atomic mass is 9.79. The molecule has 2 bridgehead atoms. The molecule has 0 radical (unpaired) electrons. The molecule has 4 atom stereocenters. The Morgan fingerprint density at radius 2 is 1.50 bits per heavy atom. The molecule has 306 valence electrons. The topological polar surface area (TPSA) is 90.3 Å². The summed E-state index contributed by atoms with van der Waals surface area (Å²) in [5.41, 5.74) is 3.08. The molecule has 2 aromatic carbocycles. The Kier molecular flexibility index (Phi) is 11.8. The van der Waals surface area contributed by atoms with Gasteiger partial charge < -0.3 is 34.1 Å². The van der Waals surface area contributed by atoms with Crippen molar-refractivity contribution < 1.29 is 23.7 Å². The van der Waals surface area contributed by atoms with Gasteiger partial charge in [0.1, 0.15) is 36.5 Å². The Labute approximate surface area is 337 Å². The van der Waals surface area contributed by atoms with Crippen molar-refractivity contribution in [2.75, 3.05) is 39.1 Å². The standard InChI is InChI=1S/C44H67N5O5Si2/c1-44(2,3)54-43(50)48-35-16-17-36(48)25-34(24-35)40-39(31-12-13-31)42(47(28-52-19-21-55(5,6)7)29-53-20-22-56(8,9)10)49-41(46-40)38(27-45-49)32-14-11-30-15-18-37(51-4)26-33(30)23-32/h11,14-15,18,23,26-27,31,34-36,40,46H,12-13,16-17,19-22,24-25,28-29H2,1-10H3/t34-,35+,36-,40-/m1/s1. The smallest absolute Gasteiger partial charge is 0.410 e. The van der Waals surface area contributed by atoms with Crippen molar-refractivity contribution in [3.63, 3.8) is 0 Å². The van der Waals surface area contributed by atoms with Gasteiger partial charge in [-0.05, 0) is 123 Å². The number of carbonyl (C=O) groups is 1. The maximum absolute atomic E-state index is 13.5. The van der Waals surface area contributed by atoms with Crippen molar-refractivity contribution in [3.05, 3.63) is 48.2 Å². The van der Waals surface area contributed by atoms with Crippen LogP contribution in [0.15, 0.2) is 48.2 Å². The minimum atomic E-state index is -1.28. The number of nitrogens with zero attached hydrogens (tertiary/aromatic N) is 4. The summed E-state index contributed by atoms with van der Waals surface area (Å²) in [7, 11) is -0.849. The van der Waals surface area contributed by atoms with Crippen LogP contribution in [0.4, 0.5) is 10.6 Å². The van der Waals surface area contributed by atoms with Gasteiger partial charge in [-0.2, -0.15) is 5.10 Å². The van der Waals surface area contributed by atoms with Crippen molar-refractivity contribution in [1.29, 1.82) is 0 Å². The van der Waals surface area contributed by atoms with Gasteiger partial charge in [-0.3, -0.25) is 0 Å². The van der Waals surface area contributed by atoms with Crippen LogP contribution in [0, 0.1) is 11.8 Å². The predicted molar refractivity (Wildman–Crippen MR) is 232 cm³/mol. The summed E-state index contributed by atoms with van der Waals surface area (Å²) in [6.45, 7) is 22.7. The molecule has 4 aliphatic rings. The number of ether oxygens (including phenoxy) is 4. The van der Waals surface area contributed by atoms with Gasteiger partial charge in [0.2, 0.25) is 0 Å². The Balaban J connectivity index is 1.29. The first-order valence-electron chi connectivity index (χ1n) is 21.1. The average Bonchev–Trinajstić information content (AvgIpc) is 3.81. The number of benzene rings is 2. The molecule has 3 aliphatic heterocycles. The molecular formula is C44H67N5O5Si2. The SMILES string of the molecule is COc1ccc2ccc(-c3cnn4c3N[C@H]([C@H]3C[C@H]5CC[C@@H](C3)N5C(=O)OC(C)(C)C)C(C3CC3)=C4N(COCC[Si](C)(C)C)COCC[Si](C)(C)C)cc2c1. The number of amides is 1. The predicted octanol–water partition coefficient (Wildman–Crippen LogP) is 10.2. The van der Waals surface area contributed by atoms with E-state index in [0.717, 1.165) is 97.7 Å². The van der Waals surface area contributed by atoms with E-state index in [1.807, 2.05) is 33.0 Å². The normalized spacial score (nSPS) is 22.6. The Hall–Kier alpha value is -3.33. The van der Waals surface area contributed by atoms with Crippen LogP contribution in [0.5, 0.6) is 5.75 Å². The molecule has 3 fully saturated rings. The molecular weight excluding hydrogens is 735 g/mol. The first-order chi connectivity index (χ1) is 26.5. The third-order valence-electron chi connectivity index (χ3n) is 11.9. The zero-order valence-corrected chi connectivity index (χ0v) is 37.7. The zero-order valence-electron chi connectivity index (χ0n) is 35.7. The molecule has 1 aliphatic carbocycles. The fourth-order valence-corrected chi connectivity index (χ4v) is 10.3. The van der Waals surface area contributed by atoms with E-state index in [9.17, 15) is 4.79 Å². The van der Waals surface area contributed by atoms with E-state index in [2.05, 4.69) is 89.4 Å². The van der Waals surface area contributed by atoms with Crippen molar-refractivity contribution in [2.24, 2.45) is 11.8 Å². The number of rotatable bonds is 15. The number of carbonyl (C=O) groups excluding carboxylic acids is 1. The highest BCUT2D eigenvalue weighted by Crippen LogP contribution is 2.51. The number of methoxy groups -OCH3 is 1. The molecule has 3 aromatic rings. The molecule has 1 amide bonds. The maximum atomic E-state index is 13.5. The molecule has 1 N–H and O–H groups in total. The summed E-state index contributed by atoms with van der Waals surface area (Å²) in [5.74, 6) is 3.77. The van der Waals surface area contributed by atoms with Crippen LogP contribution in [0.2, 0.25) is 51.4 Å². The number of fused-ring (bicyclic) bond motifs is 4. The largest absolute Gasteiger partial charge is 0.497 e. The first kappa shape index (κ1) is 40.9. The molecule has 2 saturated heterocycles. The van der Waals surface area contributed by atoms with E-state index < -0.39 is 21.7 Å². The van der Waals surface area contributed by atoms with E-state index in [1.165, 1.54) is 11.0 Å². The van der Waals surface area contributed by atoms with E-state index in [0.29, 0.717) is 25.3 Å². The maximum Gasteiger partial charge on any atom is 0.410 e. The van der Waals surface area contributed by atoms with Crippen LogP contribution in [0.3, 0.4) is 0 Å². The van der Waals surface area contributed by atoms with Crippen molar-refractivity contribution in [1.82, 2.24) is 19.6 Å². The molecule has 4 heterocycles. The number of hydrogen-bond donors (Lipinski definition) is 1. The summed E-state index contributed by atoms with van der Waals surface area (Å²) in [6, 6.07) is 15.5. The second kappa shape index (κ2) is 16.1. The highest BCUT2D eigenvalue weighted by Gasteiger charge is 2.50. The monoisotopic (exact) mass is 801 g/mol. The summed E-state index contributed by atoms with van der Waals surface area (Å²) in [5, 5.41) is 11.6. The highest BCUT2D eigenvalue weighted by molar-refractivity contribution is 6.76. The molecule has 1 aromatic heterocycles. The van der Waals surface area contributed by atoms with Gasteiger partial charge in [-0.25, -0.2) is 9.48 Å². The van der Waals surface area contributed by atoms with Gasteiger partial charge in [0.05, 0.1) is 19.3 Å². The number of piperidine rings is 1. The third kappa shape index (κ3) is 9.51.